The Labute approximate surface area is 205 Å². The number of urea groups is 1. The summed E-state index contributed by atoms with van der Waals surface area (Å²) in [5.74, 6) is 0.365. The predicted octanol–water partition coefficient (Wildman–Crippen LogP) is 4.82. The number of hydrogen-bond acceptors (Lipinski definition) is 5. The van der Waals surface area contributed by atoms with Crippen molar-refractivity contribution in [1.29, 1.82) is 0 Å². The second kappa shape index (κ2) is 11.5. The topological polar surface area (TPSA) is 91.9 Å². The van der Waals surface area contributed by atoms with Gasteiger partial charge in [-0.2, -0.15) is 0 Å². The molecule has 0 fully saturated rings. The number of ether oxygens (including phenoxy) is 2. The molecule has 0 spiro atoms. The molecule has 9 heteroatoms. The van der Waals surface area contributed by atoms with Crippen molar-refractivity contribution in [2.75, 3.05) is 30.4 Å². The summed E-state index contributed by atoms with van der Waals surface area (Å²) < 4.78 is 10.7. The van der Waals surface area contributed by atoms with Crippen molar-refractivity contribution >= 4 is 40.7 Å². The van der Waals surface area contributed by atoms with E-state index in [0.717, 1.165) is 17.0 Å². The number of allylic oxidation sites excluding steroid dienone is 1. The van der Waals surface area contributed by atoms with Crippen LogP contribution >= 0.6 is 12.2 Å². The summed E-state index contributed by atoms with van der Waals surface area (Å²) in [4.78, 5) is 27.0. The number of carbonyl (C=O) groups is 2. The summed E-state index contributed by atoms with van der Waals surface area (Å²) >= 11 is 5.51. The Morgan fingerprint density at radius 2 is 1.56 bits per heavy atom. The monoisotopic (exact) mass is 482 g/mol. The van der Waals surface area contributed by atoms with Crippen molar-refractivity contribution in [3.8, 4) is 5.75 Å². The Morgan fingerprint density at radius 3 is 2.09 bits per heavy atom. The molecule has 0 aromatic heterocycles. The maximum atomic E-state index is 12.7. The van der Waals surface area contributed by atoms with Crippen LogP contribution < -0.4 is 20.7 Å². The molecule has 3 rings (SSSR count). The molecule has 1 atom stereocenters. The average Bonchev–Trinajstić information content (AvgIpc) is 2.81. The summed E-state index contributed by atoms with van der Waals surface area (Å²) in [5.41, 5.74) is 3.38. The Hall–Kier alpha value is -3.59. The number of rotatable bonds is 8. The number of thiocarbonyl (C=S) groups is 1. The molecule has 8 nitrogen and oxygen atoms in total. The summed E-state index contributed by atoms with van der Waals surface area (Å²) in [6.07, 6.45) is 0. The van der Waals surface area contributed by atoms with Gasteiger partial charge in [0.15, 0.2) is 5.11 Å². The Balaban J connectivity index is 1.73. The van der Waals surface area contributed by atoms with E-state index >= 15 is 0 Å². The average molecular weight is 483 g/mol. The van der Waals surface area contributed by atoms with Gasteiger partial charge in [0.1, 0.15) is 5.75 Å². The fourth-order valence-corrected chi connectivity index (χ4v) is 4.12. The van der Waals surface area contributed by atoms with Crippen molar-refractivity contribution < 1.29 is 19.1 Å². The zero-order chi connectivity index (χ0) is 24.7. The van der Waals surface area contributed by atoms with E-state index in [-0.39, 0.29) is 18.6 Å². The second-order valence-corrected chi connectivity index (χ2v) is 7.89. The molecule has 34 heavy (non-hydrogen) atoms. The van der Waals surface area contributed by atoms with Crippen molar-refractivity contribution in [2.24, 2.45) is 0 Å². The summed E-state index contributed by atoms with van der Waals surface area (Å²) in [6.45, 7) is 9.04. The van der Waals surface area contributed by atoms with Crippen molar-refractivity contribution in [1.82, 2.24) is 10.2 Å². The fraction of sp³-hybridized carbons (Fsp3) is 0.320. The number of nitrogens with zero attached hydrogens (tertiary/aromatic N) is 1. The zero-order valence-electron chi connectivity index (χ0n) is 19.8. The van der Waals surface area contributed by atoms with E-state index in [2.05, 4.69) is 16.0 Å². The summed E-state index contributed by atoms with van der Waals surface area (Å²) in [5, 5.41) is 9.40. The third-order valence-electron chi connectivity index (χ3n) is 5.33. The van der Waals surface area contributed by atoms with E-state index < -0.39 is 6.04 Å². The third-order valence-corrected chi connectivity index (χ3v) is 5.67. The van der Waals surface area contributed by atoms with Crippen LogP contribution in [-0.4, -0.2) is 41.8 Å². The van der Waals surface area contributed by atoms with Gasteiger partial charge >= 0.3 is 12.0 Å². The number of anilines is 2. The minimum Gasteiger partial charge on any atom is -0.494 e. The minimum absolute atomic E-state index is 0.283. The highest BCUT2D eigenvalue weighted by molar-refractivity contribution is 7.80. The lowest BCUT2D eigenvalue weighted by molar-refractivity contribution is -0.139. The van der Waals surface area contributed by atoms with Crippen molar-refractivity contribution in [2.45, 2.75) is 33.7 Å². The molecular formula is C25H30N4O4S. The van der Waals surface area contributed by atoms with Gasteiger partial charge in [-0.3, -0.25) is 0 Å². The third kappa shape index (κ3) is 5.85. The Bertz CT molecular complexity index is 1070. The fourth-order valence-electron chi connectivity index (χ4n) is 3.74. The number of esters is 1. The molecule has 0 saturated carbocycles. The minimum atomic E-state index is -0.443. The van der Waals surface area contributed by atoms with Crippen LogP contribution in [0.5, 0.6) is 5.75 Å². The number of hydrogen-bond donors (Lipinski definition) is 3. The quantitative estimate of drug-likeness (QED) is 0.367. The molecule has 2 aromatic rings. The predicted molar refractivity (Wildman–Crippen MR) is 137 cm³/mol. The SMILES string of the molecule is CCOC(=O)C1=C(C)N(CC)C(=S)N[C@@H]1c1ccc(NC(=O)Nc2ccc(OCC)cc2)cc1. The molecule has 3 N–H and O–H groups in total. The molecule has 2 aromatic carbocycles. The van der Waals surface area contributed by atoms with Crippen LogP contribution in [0.15, 0.2) is 59.8 Å². The van der Waals surface area contributed by atoms with Gasteiger partial charge in [0.05, 0.1) is 24.8 Å². The van der Waals surface area contributed by atoms with Crippen LogP contribution in [0.1, 0.15) is 39.3 Å². The maximum Gasteiger partial charge on any atom is 0.338 e. The van der Waals surface area contributed by atoms with E-state index in [1.165, 1.54) is 0 Å². The van der Waals surface area contributed by atoms with Gasteiger partial charge < -0.3 is 30.3 Å². The molecule has 0 aliphatic carbocycles. The first kappa shape index (κ1) is 25.0. The van der Waals surface area contributed by atoms with E-state index in [1.807, 2.05) is 37.8 Å². The lowest BCUT2D eigenvalue weighted by Gasteiger charge is -2.37. The molecular weight excluding hydrogens is 452 g/mol. The highest BCUT2D eigenvalue weighted by Crippen LogP contribution is 2.32. The largest absolute Gasteiger partial charge is 0.494 e. The van der Waals surface area contributed by atoms with Crippen LogP contribution in [0.3, 0.4) is 0 Å². The lowest BCUT2D eigenvalue weighted by Crippen LogP contribution is -2.47. The van der Waals surface area contributed by atoms with E-state index in [4.69, 9.17) is 21.7 Å². The molecule has 1 heterocycles. The van der Waals surface area contributed by atoms with E-state index in [9.17, 15) is 9.59 Å². The van der Waals surface area contributed by atoms with Gasteiger partial charge in [0.2, 0.25) is 0 Å². The number of nitrogens with one attached hydrogen (secondary N) is 3. The van der Waals surface area contributed by atoms with Crippen LogP contribution in [0.25, 0.3) is 0 Å². The van der Waals surface area contributed by atoms with Gasteiger partial charge in [-0.25, -0.2) is 9.59 Å². The van der Waals surface area contributed by atoms with Gasteiger partial charge in [-0.1, -0.05) is 12.1 Å². The standard InChI is InChI=1S/C25H30N4O4S/c1-5-29-16(4)21(23(30)33-7-3)22(28-25(29)34)17-8-10-18(11-9-17)26-24(31)27-19-12-14-20(15-13-19)32-6-2/h8-15,22H,5-7H2,1-4H3,(H,28,34)(H2,26,27,31)/t22-/m1/s1. The molecule has 1 aliphatic rings. The molecule has 0 radical (unpaired) electrons. The number of carbonyl (C=O) groups excluding carboxylic acids is 2. The Morgan fingerprint density at radius 1 is 0.971 bits per heavy atom. The molecule has 0 bridgehead atoms. The highest BCUT2D eigenvalue weighted by Gasteiger charge is 2.34. The first-order valence-electron chi connectivity index (χ1n) is 11.2. The molecule has 1 aliphatic heterocycles. The molecule has 2 amide bonds. The van der Waals surface area contributed by atoms with Crippen LogP contribution in [0, 0.1) is 0 Å². The summed E-state index contributed by atoms with van der Waals surface area (Å²) in [7, 11) is 0. The molecule has 0 saturated heterocycles. The van der Waals surface area contributed by atoms with Gasteiger partial charge in [-0.15, -0.1) is 0 Å². The Kier molecular flexibility index (Phi) is 8.48. The number of amides is 2. The van der Waals surface area contributed by atoms with Gasteiger partial charge in [0, 0.05) is 23.6 Å². The first-order chi connectivity index (χ1) is 16.4. The normalized spacial score (nSPS) is 15.5. The summed E-state index contributed by atoms with van der Waals surface area (Å²) in [6, 6.07) is 13.6. The zero-order valence-corrected chi connectivity index (χ0v) is 20.6. The first-order valence-corrected chi connectivity index (χ1v) is 11.6. The van der Waals surface area contributed by atoms with E-state index in [1.54, 1.807) is 43.3 Å². The van der Waals surface area contributed by atoms with Gasteiger partial charge in [-0.05, 0) is 81.9 Å². The van der Waals surface area contributed by atoms with Crippen LogP contribution in [0.4, 0.5) is 16.2 Å². The molecule has 180 valence electrons. The maximum absolute atomic E-state index is 12.7. The van der Waals surface area contributed by atoms with Crippen LogP contribution in [0.2, 0.25) is 0 Å². The van der Waals surface area contributed by atoms with Gasteiger partial charge in [0.25, 0.3) is 0 Å². The molecule has 0 unspecified atom stereocenters. The smallest absolute Gasteiger partial charge is 0.338 e. The lowest BCUT2D eigenvalue weighted by atomic mass is 9.95. The number of benzene rings is 2. The van der Waals surface area contributed by atoms with E-state index in [0.29, 0.717) is 35.2 Å². The van der Waals surface area contributed by atoms with Crippen molar-refractivity contribution in [3.05, 3.63) is 65.4 Å². The highest BCUT2D eigenvalue weighted by atomic mass is 32.1. The van der Waals surface area contributed by atoms with Crippen molar-refractivity contribution in [3.63, 3.8) is 0 Å². The second-order valence-electron chi connectivity index (χ2n) is 7.50. The van der Waals surface area contributed by atoms with Crippen LogP contribution in [-0.2, 0) is 9.53 Å².